The summed E-state index contributed by atoms with van der Waals surface area (Å²) in [4.78, 5) is 24.2. The van der Waals surface area contributed by atoms with Gasteiger partial charge in [-0.1, -0.05) is 12.1 Å². The number of carbonyl (C=O) groups excluding carboxylic acids is 2. The number of aryl methyl sites for hydroxylation is 1. The van der Waals surface area contributed by atoms with E-state index in [1.54, 1.807) is 0 Å². The predicted octanol–water partition coefficient (Wildman–Crippen LogP) is 2.06. The van der Waals surface area contributed by atoms with Crippen LogP contribution in [-0.4, -0.2) is 46.8 Å². The lowest BCUT2D eigenvalue weighted by molar-refractivity contribution is -0.119. The Morgan fingerprint density at radius 2 is 1.96 bits per heavy atom. The molecule has 0 heterocycles. The molecule has 0 aliphatic rings. The molecule has 6 nitrogen and oxygen atoms in total. The summed E-state index contributed by atoms with van der Waals surface area (Å²) < 4.78 is -0.472. The molecule has 27 heavy (non-hydrogen) atoms. The number of anilines is 1. The molecule has 0 saturated heterocycles. The number of rotatable bonds is 10. The smallest absolute Gasteiger partial charge is 0.242 e. The second kappa shape index (κ2) is 10.9. The zero-order valence-electron chi connectivity index (χ0n) is 16.8. The number of nitrogens with one attached hydrogen (secondary N) is 3. The predicted molar refractivity (Wildman–Crippen MR) is 119 cm³/mol. The lowest BCUT2D eigenvalue weighted by Gasteiger charge is -2.34. The number of benzene rings is 1. The van der Waals surface area contributed by atoms with E-state index in [-0.39, 0.29) is 17.9 Å². The van der Waals surface area contributed by atoms with Gasteiger partial charge in [0.15, 0.2) is 0 Å². The van der Waals surface area contributed by atoms with Crippen molar-refractivity contribution in [1.82, 2.24) is 10.6 Å². The van der Waals surface area contributed by atoms with Gasteiger partial charge in [0, 0.05) is 35.7 Å². The third kappa shape index (κ3) is 7.73. The van der Waals surface area contributed by atoms with E-state index in [1.165, 1.54) is 18.7 Å². The van der Waals surface area contributed by atoms with Crippen molar-refractivity contribution in [2.45, 2.75) is 51.4 Å². The lowest BCUT2D eigenvalue weighted by atomic mass is 10.0. The molecule has 2 amide bonds. The zero-order chi connectivity index (χ0) is 20.6. The maximum Gasteiger partial charge on any atom is 0.242 e. The van der Waals surface area contributed by atoms with Gasteiger partial charge >= 0.3 is 0 Å². The van der Waals surface area contributed by atoms with Crippen LogP contribution in [-0.2, 0) is 9.59 Å². The Kier molecular flexibility index (Phi) is 9.66. The Balaban J connectivity index is 2.95. The first-order valence-corrected chi connectivity index (χ1v) is 10.6. The third-order valence-electron chi connectivity index (χ3n) is 4.40. The molecule has 0 spiro atoms. The van der Waals surface area contributed by atoms with Crippen LogP contribution in [0.25, 0.3) is 0 Å². The number of carbonyl (C=O) groups is 2. The zero-order valence-corrected chi connectivity index (χ0v) is 18.5. The van der Waals surface area contributed by atoms with Gasteiger partial charge in [0.2, 0.25) is 11.8 Å². The minimum absolute atomic E-state index is 0.0975. The van der Waals surface area contributed by atoms with Gasteiger partial charge in [-0.15, -0.1) is 11.8 Å². The summed E-state index contributed by atoms with van der Waals surface area (Å²) in [6.45, 7) is 9.90. The lowest BCUT2D eigenvalue weighted by Crippen LogP contribution is -2.55. The second-order valence-electron chi connectivity index (χ2n) is 7.15. The Bertz CT molecular complexity index is 653. The number of hydrogen-bond acceptors (Lipinski definition) is 6. The molecule has 0 bridgehead atoms. The van der Waals surface area contributed by atoms with Crippen LogP contribution in [0.2, 0.25) is 0 Å². The molecule has 0 radical (unpaired) electrons. The highest BCUT2D eigenvalue weighted by molar-refractivity contribution is 8.00. The van der Waals surface area contributed by atoms with E-state index in [0.29, 0.717) is 18.2 Å². The van der Waals surface area contributed by atoms with E-state index in [4.69, 9.17) is 5.73 Å². The molecule has 0 aliphatic carbocycles. The molecular formula is C19H32N4O2S2. The summed E-state index contributed by atoms with van der Waals surface area (Å²) in [5.41, 5.74) is 8.93. The van der Waals surface area contributed by atoms with Crippen LogP contribution in [0.15, 0.2) is 18.2 Å². The van der Waals surface area contributed by atoms with E-state index in [1.807, 2.05) is 45.9 Å². The van der Waals surface area contributed by atoms with Crippen molar-refractivity contribution >= 4 is 41.9 Å². The minimum atomic E-state index is -0.498. The topological polar surface area (TPSA) is 96.2 Å². The molecule has 0 aliphatic heterocycles. The second-order valence-corrected chi connectivity index (χ2v) is 9.14. The van der Waals surface area contributed by atoms with E-state index in [9.17, 15) is 9.59 Å². The Labute approximate surface area is 172 Å². The maximum atomic E-state index is 13.1. The standard InChI is InChI=1S/C19H32N4O2S2/c1-12-7-6-8-16(13(12)2)23-18(25)17(21-9-15(20)10-26)19(4,5)27-11-22-14(3)24/h6-8,15,17,21,26H,9-11,20H2,1-5H3,(H,22,24)(H,23,25). The van der Waals surface area contributed by atoms with Gasteiger partial charge in [-0.05, 0) is 44.9 Å². The SMILES string of the molecule is CC(=O)NCSC(C)(C)C(NCC(N)CS)C(=O)Nc1cccc(C)c1C. The van der Waals surface area contributed by atoms with Gasteiger partial charge < -0.3 is 21.7 Å². The van der Waals surface area contributed by atoms with Crippen molar-refractivity contribution in [2.75, 3.05) is 23.5 Å². The Hall–Kier alpha value is -1.22. The fraction of sp³-hybridized carbons (Fsp3) is 0.579. The Morgan fingerprint density at radius 1 is 1.30 bits per heavy atom. The third-order valence-corrected chi connectivity index (χ3v) is 6.14. The average Bonchev–Trinajstić information content (AvgIpc) is 2.58. The highest BCUT2D eigenvalue weighted by Crippen LogP contribution is 2.29. The van der Waals surface area contributed by atoms with Gasteiger partial charge in [0.25, 0.3) is 0 Å². The monoisotopic (exact) mass is 412 g/mol. The summed E-state index contributed by atoms with van der Waals surface area (Å²) in [7, 11) is 0. The van der Waals surface area contributed by atoms with Crippen LogP contribution in [0.4, 0.5) is 5.69 Å². The number of amides is 2. The molecule has 2 atom stereocenters. The summed E-state index contributed by atoms with van der Waals surface area (Å²) in [5, 5.41) is 9.09. The van der Waals surface area contributed by atoms with Crippen LogP contribution >= 0.6 is 24.4 Å². The van der Waals surface area contributed by atoms with Crippen LogP contribution in [0, 0.1) is 13.8 Å². The molecule has 5 N–H and O–H groups in total. The highest BCUT2D eigenvalue weighted by atomic mass is 32.2. The van der Waals surface area contributed by atoms with Gasteiger partial charge in [0.05, 0.1) is 5.88 Å². The number of nitrogens with two attached hydrogens (primary N) is 1. The first-order chi connectivity index (χ1) is 12.6. The largest absolute Gasteiger partial charge is 0.347 e. The molecule has 1 aromatic rings. The quantitative estimate of drug-likeness (QED) is 0.299. The molecular weight excluding hydrogens is 380 g/mol. The van der Waals surface area contributed by atoms with Crippen molar-refractivity contribution in [3.05, 3.63) is 29.3 Å². The normalized spacial score (nSPS) is 13.7. The van der Waals surface area contributed by atoms with Crippen LogP contribution < -0.4 is 21.7 Å². The van der Waals surface area contributed by atoms with Crippen LogP contribution in [0.3, 0.4) is 0 Å². The number of thiol groups is 1. The van der Waals surface area contributed by atoms with E-state index < -0.39 is 10.8 Å². The van der Waals surface area contributed by atoms with Gasteiger partial charge in [-0.3, -0.25) is 9.59 Å². The summed E-state index contributed by atoms with van der Waals surface area (Å²) in [6.07, 6.45) is 0. The molecule has 1 aromatic carbocycles. The molecule has 0 fully saturated rings. The van der Waals surface area contributed by atoms with Gasteiger partial charge in [0.1, 0.15) is 6.04 Å². The number of hydrogen-bond donors (Lipinski definition) is 5. The van der Waals surface area contributed by atoms with Gasteiger partial charge in [-0.25, -0.2) is 0 Å². The molecule has 0 aromatic heterocycles. The first kappa shape index (κ1) is 23.8. The highest BCUT2D eigenvalue weighted by Gasteiger charge is 2.36. The van der Waals surface area contributed by atoms with E-state index >= 15 is 0 Å². The minimum Gasteiger partial charge on any atom is -0.347 e. The summed E-state index contributed by atoms with van der Waals surface area (Å²) in [5.74, 6) is 0.725. The van der Waals surface area contributed by atoms with Crippen molar-refractivity contribution in [3.63, 3.8) is 0 Å². The van der Waals surface area contributed by atoms with E-state index in [0.717, 1.165) is 16.8 Å². The maximum absolute atomic E-state index is 13.1. The van der Waals surface area contributed by atoms with Crippen molar-refractivity contribution in [1.29, 1.82) is 0 Å². The van der Waals surface area contributed by atoms with Crippen molar-refractivity contribution in [2.24, 2.45) is 5.73 Å². The van der Waals surface area contributed by atoms with E-state index in [2.05, 4.69) is 28.6 Å². The van der Waals surface area contributed by atoms with Crippen molar-refractivity contribution in [3.8, 4) is 0 Å². The van der Waals surface area contributed by atoms with Gasteiger partial charge in [-0.2, -0.15) is 12.6 Å². The Morgan fingerprint density at radius 3 is 2.56 bits per heavy atom. The van der Waals surface area contributed by atoms with Crippen LogP contribution in [0.1, 0.15) is 31.9 Å². The fourth-order valence-electron chi connectivity index (χ4n) is 2.49. The molecule has 1 rings (SSSR count). The van der Waals surface area contributed by atoms with Crippen molar-refractivity contribution < 1.29 is 9.59 Å². The molecule has 0 saturated carbocycles. The first-order valence-electron chi connectivity index (χ1n) is 8.93. The number of thioether (sulfide) groups is 1. The summed E-state index contributed by atoms with van der Waals surface area (Å²) in [6, 6.07) is 5.18. The average molecular weight is 413 g/mol. The molecule has 2 unspecified atom stereocenters. The molecule has 152 valence electrons. The fourth-order valence-corrected chi connectivity index (χ4v) is 3.62. The summed E-state index contributed by atoms with van der Waals surface area (Å²) >= 11 is 5.71. The molecule has 8 heteroatoms. The van der Waals surface area contributed by atoms with Crippen LogP contribution in [0.5, 0.6) is 0 Å².